The summed E-state index contributed by atoms with van der Waals surface area (Å²) in [7, 11) is 0. The van der Waals surface area contributed by atoms with Gasteiger partial charge in [0.15, 0.2) is 11.5 Å². The number of imidazole rings is 1. The molecule has 0 bridgehead atoms. The number of nitrogens with zero attached hydrogens (tertiary/aromatic N) is 4. The molecule has 2 atom stereocenters. The van der Waals surface area contributed by atoms with Gasteiger partial charge < -0.3 is 21.1 Å². The summed E-state index contributed by atoms with van der Waals surface area (Å²) in [4.78, 5) is 12.4. The minimum absolute atomic E-state index is 0.165. The van der Waals surface area contributed by atoms with E-state index in [-0.39, 0.29) is 12.6 Å². The zero-order valence-corrected chi connectivity index (χ0v) is 9.95. The SMILES string of the molecule is Nc1nc(N)c2ncn(C3CCC(CO)C3)c2n1. The third kappa shape index (κ3) is 1.67. The van der Waals surface area contributed by atoms with Gasteiger partial charge in [0.1, 0.15) is 5.52 Å². The van der Waals surface area contributed by atoms with E-state index in [0.717, 1.165) is 19.3 Å². The van der Waals surface area contributed by atoms with Gasteiger partial charge in [0.05, 0.1) is 6.33 Å². The summed E-state index contributed by atoms with van der Waals surface area (Å²) in [5.74, 6) is 0.843. The molecule has 1 aliphatic carbocycles. The Bertz CT molecular complexity index is 580. The zero-order valence-electron chi connectivity index (χ0n) is 9.95. The molecular weight excluding hydrogens is 232 g/mol. The van der Waals surface area contributed by atoms with Crippen molar-refractivity contribution in [2.45, 2.75) is 25.3 Å². The maximum absolute atomic E-state index is 9.19. The lowest BCUT2D eigenvalue weighted by atomic mass is 10.1. The number of hydrogen-bond acceptors (Lipinski definition) is 6. The summed E-state index contributed by atoms with van der Waals surface area (Å²) in [5, 5.41) is 9.19. The van der Waals surface area contributed by atoms with E-state index in [0.29, 0.717) is 28.9 Å². The van der Waals surface area contributed by atoms with E-state index >= 15 is 0 Å². The Hall–Kier alpha value is -1.89. The van der Waals surface area contributed by atoms with Gasteiger partial charge >= 0.3 is 0 Å². The molecule has 1 saturated carbocycles. The molecule has 0 aromatic carbocycles. The van der Waals surface area contributed by atoms with Crippen molar-refractivity contribution in [3.8, 4) is 0 Å². The Labute approximate surface area is 104 Å². The van der Waals surface area contributed by atoms with Crippen LogP contribution in [0, 0.1) is 5.92 Å². The van der Waals surface area contributed by atoms with E-state index in [4.69, 9.17) is 11.5 Å². The number of nitrogens with two attached hydrogens (primary N) is 2. The van der Waals surface area contributed by atoms with Gasteiger partial charge in [0.2, 0.25) is 5.95 Å². The predicted molar refractivity (Wildman–Crippen MR) is 67.6 cm³/mol. The Morgan fingerprint density at radius 2 is 2.17 bits per heavy atom. The first-order valence-corrected chi connectivity index (χ1v) is 6.05. The molecule has 1 aliphatic rings. The fourth-order valence-electron chi connectivity index (χ4n) is 2.69. The summed E-state index contributed by atoms with van der Waals surface area (Å²) in [6, 6.07) is 0.306. The molecule has 18 heavy (non-hydrogen) atoms. The maximum Gasteiger partial charge on any atom is 0.224 e. The summed E-state index contributed by atoms with van der Waals surface area (Å²) in [6.45, 7) is 0.238. The predicted octanol–water partition coefficient (Wildman–Crippen LogP) is 0.324. The largest absolute Gasteiger partial charge is 0.396 e. The van der Waals surface area contributed by atoms with Crippen LogP contribution in [0.3, 0.4) is 0 Å². The number of fused-ring (bicyclic) bond motifs is 1. The molecule has 2 heterocycles. The smallest absolute Gasteiger partial charge is 0.224 e. The van der Waals surface area contributed by atoms with Crippen LogP contribution in [0.4, 0.5) is 11.8 Å². The molecule has 7 nitrogen and oxygen atoms in total. The van der Waals surface area contributed by atoms with Gasteiger partial charge in [-0.3, -0.25) is 0 Å². The minimum atomic E-state index is 0.165. The summed E-state index contributed by atoms with van der Waals surface area (Å²) in [5.41, 5.74) is 12.7. The Morgan fingerprint density at radius 3 is 2.89 bits per heavy atom. The van der Waals surface area contributed by atoms with Crippen molar-refractivity contribution in [3.63, 3.8) is 0 Å². The number of anilines is 2. The third-order valence-electron chi connectivity index (χ3n) is 3.63. The number of nitrogen functional groups attached to an aromatic ring is 2. The number of aliphatic hydroxyl groups excluding tert-OH is 1. The lowest BCUT2D eigenvalue weighted by Crippen LogP contribution is -2.08. The fourth-order valence-corrected chi connectivity index (χ4v) is 2.69. The highest BCUT2D eigenvalue weighted by Gasteiger charge is 2.27. The topological polar surface area (TPSA) is 116 Å². The van der Waals surface area contributed by atoms with Crippen molar-refractivity contribution in [1.29, 1.82) is 0 Å². The van der Waals surface area contributed by atoms with Gasteiger partial charge in [-0.15, -0.1) is 0 Å². The van der Waals surface area contributed by atoms with Crippen LogP contribution in [0.5, 0.6) is 0 Å². The molecule has 0 aliphatic heterocycles. The molecule has 2 aromatic rings. The highest BCUT2D eigenvalue weighted by Crippen LogP contribution is 2.36. The van der Waals surface area contributed by atoms with Gasteiger partial charge in [-0.05, 0) is 25.2 Å². The Kier molecular flexibility index (Phi) is 2.55. The molecule has 96 valence electrons. The molecule has 7 heteroatoms. The molecule has 0 amide bonds. The standard InChI is InChI=1S/C11H16N6O/c12-9-8-10(16-11(13)15-9)17(5-14-8)7-2-1-6(3-7)4-18/h5-7,18H,1-4H2,(H4,12,13,15,16). The lowest BCUT2D eigenvalue weighted by molar-refractivity contribution is 0.226. The van der Waals surface area contributed by atoms with Crippen LogP contribution in [0.2, 0.25) is 0 Å². The highest BCUT2D eigenvalue weighted by atomic mass is 16.3. The zero-order chi connectivity index (χ0) is 12.7. The number of hydrogen-bond donors (Lipinski definition) is 3. The van der Waals surface area contributed by atoms with Crippen molar-refractivity contribution in [3.05, 3.63) is 6.33 Å². The van der Waals surface area contributed by atoms with E-state index in [1.54, 1.807) is 6.33 Å². The molecule has 0 saturated heterocycles. The van der Waals surface area contributed by atoms with Gasteiger partial charge in [-0.25, -0.2) is 4.98 Å². The number of aromatic nitrogens is 4. The summed E-state index contributed by atoms with van der Waals surface area (Å²) in [6.07, 6.45) is 4.71. The number of aliphatic hydroxyl groups is 1. The lowest BCUT2D eigenvalue weighted by Gasteiger charge is -2.12. The van der Waals surface area contributed by atoms with Gasteiger partial charge in [-0.2, -0.15) is 9.97 Å². The van der Waals surface area contributed by atoms with Crippen molar-refractivity contribution >= 4 is 22.9 Å². The second-order valence-electron chi connectivity index (χ2n) is 4.81. The summed E-state index contributed by atoms with van der Waals surface area (Å²) < 4.78 is 2.00. The first-order chi connectivity index (χ1) is 8.69. The van der Waals surface area contributed by atoms with E-state index < -0.39 is 0 Å². The summed E-state index contributed by atoms with van der Waals surface area (Å²) >= 11 is 0. The first-order valence-electron chi connectivity index (χ1n) is 6.05. The molecule has 2 aromatic heterocycles. The fraction of sp³-hybridized carbons (Fsp3) is 0.545. The number of rotatable bonds is 2. The second-order valence-corrected chi connectivity index (χ2v) is 4.81. The van der Waals surface area contributed by atoms with E-state index in [9.17, 15) is 5.11 Å². The second kappa shape index (κ2) is 4.09. The van der Waals surface area contributed by atoms with Gasteiger partial charge in [0, 0.05) is 12.6 Å². The van der Waals surface area contributed by atoms with Crippen molar-refractivity contribution in [2.24, 2.45) is 5.92 Å². The van der Waals surface area contributed by atoms with E-state index in [2.05, 4.69) is 15.0 Å². The van der Waals surface area contributed by atoms with Gasteiger partial charge in [0.25, 0.3) is 0 Å². The van der Waals surface area contributed by atoms with E-state index in [1.165, 1.54) is 0 Å². The highest BCUT2D eigenvalue weighted by molar-refractivity contribution is 5.82. The van der Waals surface area contributed by atoms with Crippen LogP contribution in [-0.2, 0) is 0 Å². The normalized spacial score (nSPS) is 23.8. The first kappa shape index (κ1) is 11.2. The Balaban J connectivity index is 2.03. The van der Waals surface area contributed by atoms with Crippen molar-refractivity contribution in [2.75, 3.05) is 18.1 Å². The average molecular weight is 248 g/mol. The molecule has 5 N–H and O–H groups in total. The monoisotopic (exact) mass is 248 g/mol. The van der Waals surface area contributed by atoms with Crippen LogP contribution >= 0.6 is 0 Å². The van der Waals surface area contributed by atoms with Crippen molar-refractivity contribution < 1.29 is 5.11 Å². The van der Waals surface area contributed by atoms with Gasteiger partial charge in [-0.1, -0.05) is 0 Å². The van der Waals surface area contributed by atoms with Crippen LogP contribution in [0.15, 0.2) is 6.33 Å². The van der Waals surface area contributed by atoms with Crippen molar-refractivity contribution in [1.82, 2.24) is 19.5 Å². The quantitative estimate of drug-likeness (QED) is 0.705. The molecular formula is C11H16N6O. The van der Waals surface area contributed by atoms with Crippen LogP contribution in [-0.4, -0.2) is 31.2 Å². The average Bonchev–Trinajstić information content (AvgIpc) is 2.93. The minimum Gasteiger partial charge on any atom is -0.396 e. The van der Waals surface area contributed by atoms with E-state index in [1.807, 2.05) is 4.57 Å². The maximum atomic E-state index is 9.19. The van der Waals surface area contributed by atoms with Crippen LogP contribution < -0.4 is 11.5 Å². The molecule has 1 fully saturated rings. The molecule has 0 radical (unpaired) electrons. The van der Waals surface area contributed by atoms with Crippen LogP contribution in [0.1, 0.15) is 25.3 Å². The third-order valence-corrected chi connectivity index (χ3v) is 3.63. The van der Waals surface area contributed by atoms with Crippen LogP contribution in [0.25, 0.3) is 11.2 Å². The molecule has 3 rings (SSSR count). The Morgan fingerprint density at radius 1 is 1.33 bits per heavy atom. The molecule has 0 spiro atoms. The molecule has 2 unspecified atom stereocenters.